The first kappa shape index (κ1) is 30.3. The van der Waals surface area contributed by atoms with Gasteiger partial charge in [-0.05, 0) is 76.2 Å². The van der Waals surface area contributed by atoms with Gasteiger partial charge in [-0.3, -0.25) is 18.3 Å². The van der Waals surface area contributed by atoms with Gasteiger partial charge in [0.15, 0.2) is 10.3 Å². The molecule has 0 aliphatic rings. The Hall–Kier alpha value is -4.34. The zero-order valence-electron chi connectivity index (χ0n) is 25.2. The zero-order chi connectivity index (χ0) is 32.3. The summed E-state index contributed by atoms with van der Waals surface area (Å²) in [4.78, 5) is 19.0. The Morgan fingerprint density at radius 1 is 0.457 bits per heavy atom. The Bertz CT molecular complexity index is 2060. The molecule has 0 bridgehead atoms. The summed E-state index contributed by atoms with van der Waals surface area (Å²) < 4.78 is 8.00. The molecule has 12 heteroatoms. The molecular formula is C34H26Cl4N8. The van der Waals surface area contributed by atoms with Crippen LogP contribution in [0.5, 0.6) is 0 Å². The third kappa shape index (κ3) is 5.11. The van der Waals surface area contributed by atoms with Gasteiger partial charge >= 0.3 is 0 Å². The molecule has 3 aromatic carbocycles. The standard InChI is InChI=1S/C34H26Cl4N8/c1-19-17-39-31(43(19)33-41-29(37)21(3)45(33)27-13-9-25(35)10-14-27)23-5-7-24(8-6-23)32-40-18-20(2)44(32)34-42-30(38)22(4)46(34)28-15-11-26(36)12-16-28/h5-18H,1-4H3. The monoisotopic (exact) mass is 686 g/mol. The Labute approximate surface area is 285 Å². The predicted molar refractivity (Wildman–Crippen MR) is 185 cm³/mol. The van der Waals surface area contributed by atoms with E-state index < -0.39 is 0 Å². The Balaban J connectivity index is 1.31. The van der Waals surface area contributed by atoms with Crippen LogP contribution in [0.1, 0.15) is 22.8 Å². The summed E-state index contributed by atoms with van der Waals surface area (Å²) in [5, 5.41) is 2.12. The van der Waals surface area contributed by atoms with Crippen LogP contribution in [0.15, 0.2) is 85.2 Å². The maximum Gasteiger partial charge on any atom is 0.222 e. The molecule has 7 aromatic rings. The Morgan fingerprint density at radius 3 is 1.15 bits per heavy atom. The lowest BCUT2D eigenvalue weighted by atomic mass is 10.1. The zero-order valence-corrected chi connectivity index (χ0v) is 28.2. The quantitative estimate of drug-likeness (QED) is 0.175. The van der Waals surface area contributed by atoms with Gasteiger partial charge in [0.25, 0.3) is 0 Å². The molecule has 46 heavy (non-hydrogen) atoms. The second-order valence-corrected chi connectivity index (χ2v) is 12.5. The Morgan fingerprint density at radius 2 is 0.804 bits per heavy atom. The highest BCUT2D eigenvalue weighted by atomic mass is 35.5. The summed E-state index contributed by atoms with van der Waals surface area (Å²) in [7, 11) is 0. The molecule has 0 saturated carbocycles. The molecular weight excluding hydrogens is 662 g/mol. The molecule has 0 aliphatic carbocycles. The van der Waals surface area contributed by atoms with E-state index in [0.29, 0.717) is 32.2 Å². The molecule has 7 rings (SSSR count). The lowest BCUT2D eigenvalue weighted by Gasteiger charge is -2.15. The van der Waals surface area contributed by atoms with Crippen molar-refractivity contribution in [3.8, 4) is 46.0 Å². The van der Waals surface area contributed by atoms with Crippen LogP contribution in [0.25, 0.3) is 46.0 Å². The van der Waals surface area contributed by atoms with Crippen LogP contribution in [-0.2, 0) is 0 Å². The van der Waals surface area contributed by atoms with Crippen molar-refractivity contribution in [3.63, 3.8) is 0 Å². The Kier molecular flexibility index (Phi) is 7.77. The van der Waals surface area contributed by atoms with E-state index in [4.69, 9.17) is 66.3 Å². The average Bonchev–Trinajstić information content (AvgIpc) is 3.78. The smallest absolute Gasteiger partial charge is 0.222 e. The van der Waals surface area contributed by atoms with E-state index in [-0.39, 0.29) is 0 Å². The summed E-state index contributed by atoms with van der Waals surface area (Å²) in [5.74, 6) is 2.71. The number of nitrogens with zero attached hydrogens (tertiary/aromatic N) is 8. The van der Waals surface area contributed by atoms with Crippen molar-refractivity contribution < 1.29 is 0 Å². The molecule has 0 saturated heterocycles. The van der Waals surface area contributed by atoms with E-state index in [0.717, 1.165) is 56.9 Å². The maximum atomic E-state index is 6.59. The molecule has 0 atom stereocenters. The van der Waals surface area contributed by atoms with Crippen LogP contribution in [0, 0.1) is 27.7 Å². The van der Waals surface area contributed by atoms with Gasteiger partial charge in [0.1, 0.15) is 11.6 Å². The van der Waals surface area contributed by atoms with Crippen LogP contribution in [0.4, 0.5) is 0 Å². The highest BCUT2D eigenvalue weighted by molar-refractivity contribution is 6.31. The van der Waals surface area contributed by atoms with Crippen molar-refractivity contribution in [2.75, 3.05) is 0 Å². The molecule has 8 nitrogen and oxygen atoms in total. The number of benzene rings is 3. The van der Waals surface area contributed by atoms with Gasteiger partial charge in [-0.2, -0.15) is 9.97 Å². The second-order valence-electron chi connectivity index (χ2n) is 10.9. The van der Waals surface area contributed by atoms with Gasteiger partial charge in [-0.25, -0.2) is 9.97 Å². The minimum atomic E-state index is 0.411. The molecule has 0 aliphatic heterocycles. The summed E-state index contributed by atoms with van der Waals surface area (Å²) in [6, 6.07) is 23.2. The molecule has 4 aromatic heterocycles. The van der Waals surface area contributed by atoms with Crippen LogP contribution in [0.3, 0.4) is 0 Å². The molecule has 0 amide bonds. The van der Waals surface area contributed by atoms with E-state index in [1.807, 2.05) is 131 Å². The minimum Gasteiger partial charge on any atom is -0.281 e. The highest BCUT2D eigenvalue weighted by Gasteiger charge is 2.23. The summed E-state index contributed by atoms with van der Waals surface area (Å²) >= 11 is 25.5. The number of aryl methyl sites for hydroxylation is 2. The predicted octanol–water partition coefficient (Wildman–Crippen LogP) is 9.61. The summed E-state index contributed by atoms with van der Waals surface area (Å²) in [5.41, 5.74) is 7.00. The largest absolute Gasteiger partial charge is 0.281 e. The van der Waals surface area contributed by atoms with Crippen LogP contribution >= 0.6 is 46.4 Å². The van der Waals surface area contributed by atoms with Gasteiger partial charge < -0.3 is 0 Å². The first-order valence-electron chi connectivity index (χ1n) is 14.3. The number of aromatic nitrogens is 8. The lowest BCUT2D eigenvalue weighted by Crippen LogP contribution is -2.10. The van der Waals surface area contributed by atoms with Crippen molar-refractivity contribution in [2.24, 2.45) is 0 Å². The minimum absolute atomic E-state index is 0.411. The third-order valence-electron chi connectivity index (χ3n) is 7.91. The van der Waals surface area contributed by atoms with Gasteiger partial charge in [0, 0.05) is 56.3 Å². The maximum absolute atomic E-state index is 6.59. The highest BCUT2D eigenvalue weighted by Crippen LogP contribution is 2.33. The summed E-state index contributed by atoms with van der Waals surface area (Å²) in [6.45, 7) is 7.85. The first-order chi connectivity index (χ1) is 22.1. The van der Waals surface area contributed by atoms with E-state index in [2.05, 4.69) is 0 Å². The molecule has 0 N–H and O–H groups in total. The van der Waals surface area contributed by atoms with Crippen molar-refractivity contribution in [2.45, 2.75) is 27.7 Å². The van der Waals surface area contributed by atoms with E-state index in [1.54, 1.807) is 0 Å². The molecule has 0 unspecified atom stereocenters. The molecule has 0 radical (unpaired) electrons. The van der Waals surface area contributed by atoms with E-state index in [9.17, 15) is 0 Å². The molecule has 230 valence electrons. The van der Waals surface area contributed by atoms with Crippen molar-refractivity contribution >= 4 is 46.4 Å². The number of halogens is 4. The fourth-order valence-electron chi connectivity index (χ4n) is 5.58. The van der Waals surface area contributed by atoms with E-state index >= 15 is 0 Å². The fourth-order valence-corrected chi connectivity index (χ4v) is 6.15. The van der Waals surface area contributed by atoms with Crippen molar-refractivity contribution in [1.29, 1.82) is 0 Å². The van der Waals surface area contributed by atoms with E-state index in [1.165, 1.54) is 0 Å². The SMILES string of the molecule is Cc1cnc(-c2ccc(-c3ncc(C)n3-c3nc(Cl)c(C)n3-c3ccc(Cl)cc3)cc2)n1-c1nc(Cl)c(C)n1-c1ccc(Cl)cc1. The number of rotatable bonds is 6. The number of hydrogen-bond acceptors (Lipinski definition) is 4. The van der Waals surface area contributed by atoms with Crippen molar-refractivity contribution in [3.05, 3.63) is 128 Å². The lowest BCUT2D eigenvalue weighted by molar-refractivity contribution is 0.857. The van der Waals surface area contributed by atoms with Crippen LogP contribution < -0.4 is 0 Å². The molecule has 4 heterocycles. The fraction of sp³-hybridized carbons (Fsp3) is 0.118. The number of hydrogen-bond donors (Lipinski definition) is 0. The molecule has 0 fully saturated rings. The molecule has 0 spiro atoms. The van der Waals surface area contributed by atoms with Crippen LogP contribution in [0.2, 0.25) is 20.4 Å². The van der Waals surface area contributed by atoms with Crippen molar-refractivity contribution in [1.82, 2.24) is 38.2 Å². The van der Waals surface area contributed by atoms with Crippen LogP contribution in [-0.4, -0.2) is 38.2 Å². The average molecular weight is 688 g/mol. The van der Waals surface area contributed by atoms with Gasteiger partial charge in [0.2, 0.25) is 11.9 Å². The van der Waals surface area contributed by atoms with Gasteiger partial charge in [0.05, 0.1) is 11.4 Å². The third-order valence-corrected chi connectivity index (χ3v) is 9.13. The topological polar surface area (TPSA) is 71.3 Å². The normalized spacial score (nSPS) is 11.5. The second kappa shape index (κ2) is 11.8. The summed E-state index contributed by atoms with van der Waals surface area (Å²) in [6.07, 6.45) is 3.65. The van der Waals surface area contributed by atoms with Gasteiger partial charge in [-0.15, -0.1) is 0 Å². The number of imidazole rings is 4. The first-order valence-corrected chi connectivity index (χ1v) is 15.9. The van der Waals surface area contributed by atoms with Gasteiger partial charge in [-0.1, -0.05) is 70.7 Å².